The molecule has 4 aromatic rings. The monoisotopic (exact) mass is 325 g/mol. The lowest BCUT2D eigenvalue weighted by Gasteiger charge is -2.08. The molecule has 0 radical (unpaired) electrons. The Kier molecular flexibility index (Phi) is 4.42. The molecule has 2 N–H and O–H groups in total. The molecule has 0 saturated carbocycles. The highest BCUT2D eigenvalue weighted by molar-refractivity contribution is 5.93. The van der Waals surface area contributed by atoms with Crippen molar-refractivity contribution in [1.82, 2.24) is 0 Å². The molecule has 0 saturated heterocycles. The van der Waals surface area contributed by atoms with Gasteiger partial charge in [-0.2, -0.15) is 0 Å². The average molecular weight is 325 g/mol. The highest BCUT2D eigenvalue weighted by Gasteiger charge is 2.11. The summed E-state index contributed by atoms with van der Waals surface area (Å²) in [5.41, 5.74) is 4.97. The van der Waals surface area contributed by atoms with Gasteiger partial charge in [-0.1, -0.05) is 78.9 Å². The molecule has 4 rings (SSSR count). The number of fused-ring (bicyclic) bond motifs is 1. The molecule has 0 unspecified atom stereocenters. The third-order valence-corrected chi connectivity index (χ3v) is 4.43. The highest BCUT2D eigenvalue weighted by atomic mass is 15.0. The molecule has 2 nitrogen and oxygen atoms in total. The summed E-state index contributed by atoms with van der Waals surface area (Å²) in [6.07, 6.45) is 1.00. The van der Waals surface area contributed by atoms with Crippen LogP contribution < -0.4 is 10.3 Å². The molecule has 1 heterocycles. The summed E-state index contributed by atoms with van der Waals surface area (Å²) in [5.74, 6) is 1.05. The van der Waals surface area contributed by atoms with Crippen molar-refractivity contribution in [3.63, 3.8) is 0 Å². The first kappa shape index (κ1) is 15.4. The van der Waals surface area contributed by atoms with Crippen LogP contribution in [0.5, 0.6) is 0 Å². The van der Waals surface area contributed by atoms with E-state index in [1.54, 1.807) is 0 Å². The maximum Gasteiger partial charge on any atom is 0.273 e. The molecule has 0 atom stereocenters. The fourth-order valence-corrected chi connectivity index (χ4v) is 3.17. The Morgan fingerprint density at radius 2 is 1.40 bits per heavy atom. The average Bonchev–Trinajstić information content (AvgIpc) is 2.69. The van der Waals surface area contributed by atoms with E-state index in [2.05, 4.69) is 101 Å². The zero-order chi connectivity index (χ0) is 16.9. The zero-order valence-corrected chi connectivity index (χ0v) is 14.1. The highest BCUT2D eigenvalue weighted by Crippen LogP contribution is 2.28. The Morgan fingerprint density at radius 3 is 2.20 bits per heavy atom. The van der Waals surface area contributed by atoms with Crippen molar-refractivity contribution in [2.75, 3.05) is 11.9 Å². The molecule has 122 valence electrons. The summed E-state index contributed by atoms with van der Waals surface area (Å²) in [6, 6.07) is 31.8. The molecular weight excluding hydrogens is 304 g/mol. The van der Waals surface area contributed by atoms with E-state index in [1.165, 1.54) is 22.1 Å². The predicted octanol–water partition coefficient (Wildman–Crippen LogP) is 4.98. The summed E-state index contributed by atoms with van der Waals surface area (Å²) in [7, 11) is 0. The topological polar surface area (TPSA) is 26.2 Å². The first-order valence-electron chi connectivity index (χ1n) is 8.68. The van der Waals surface area contributed by atoms with Crippen molar-refractivity contribution in [3.8, 4) is 11.1 Å². The largest absolute Gasteiger partial charge is 0.274 e. The molecule has 2 heteroatoms. The molecular formula is C23H21N2+. The Bertz CT molecular complexity index is 963. The zero-order valence-electron chi connectivity index (χ0n) is 14.1. The molecule has 0 amide bonds. The fraction of sp³-hybridized carbons (Fsp3) is 0.0870. The van der Waals surface area contributed by atoms with Crippen LogP contribution in [-0.4, -0.2) is 6.54 Å². The summed E-state index contributed by atoms with van der Waals surface area (Å²) in [6.45, 7) is 0.896. The van der Waals surface area contributed by atoms with Crippen LogP contribution >= 0.6 is 0 Å². The summed E-state index contributed by atoms with van der Waals surface area (Å²) in [5, 5.41) is 4.78. The molecule has 3 aromatic carbocycles. The molecule has 0 aliphatic rings. The van der Waals surface area contributed by atoms with E-state index in [9.17, 15) is 0 Å². The van der Waals surface area contributed by atoms with E-state index in [0.29, 0.717) is 0 Å². The lowest BCUT2D eigenvalue weighted by Crippen LogP contribution is -2.16. The number of rotatable bonds is 5. The van der Waals surface area contributed by atoms with Crippen LogP contribution in [0.1, 0.15) is 5.56 Å². The Balaban J connectivity index is 1.63. The molecule has 0 bridgehead atoms. The number of benzene rings is 3. The standard InChI is InChI=1S/C23H20N2/c1-3-9-18(10-4-1)15-16-24-23-17-21(19-11-5-2-6-12-19)20-13-7-8-14-22(20)25-23/h1-14,17H,15-16H2,(H,24,25)/p+1. The number of aromatic amines is 1. The number of pyridine rings is 1. The Hall–Kier alpha value is -3.13. The molecule has 1 aromatic heterocycles. The maximum atomic E-state index is 3.54. The second-order valence-corrected chi connectivity index (χ2v) is 6.17. The molecule has 0 spiro atoms. The second-order valence-electron chi connectivity index (χ2n) is 6.17. The number of aromatic nitrogens is 1. The van der Waals surface area contributed by atoms with Crippen molar-refractivity contribution in [2.24, 2.45) is 0 Å². The van der Waals surface area contributed by atoms with Crippen molar-refractivity contribution < 1.29 is 4.98 Å². The minimum atomic E-state index is 0.896. The molecule has 0 aliphatic heterocycles. The number of nitrogens with one attached hydrogen (secondary N) is 2. The van der Waals surface area contributed by atoms with Gasteiger partial charge in [0.05, 0.1) is 6.54 Å². The first-order valence-corrected chi connectivity index (χ1v) is 8.68. The van der Waals surface area contributed by atoms with Crippen LogP contribution in [0.2, 0.25) is 0 Å². The third kappa shape index (κ3) is 3.53. The van der Waals surface area contributed by atoms with Crippen LogP contribution in [0.25, 0.3) is 22.0 Å². The van der Waals surface area contributed by atoms with Gasteiger partial charge in [-0.05, 0) is 17.2 Å². The molecule has 25 heavy (non-hydrogen) atoms. The van der Waals surface area contributed by atoms with Crippen LogP contribution in [0.3, 0.4) is 0 Å². The van der Waals surface area contributed by atoms with Crippen molar-refractivity contribution in [1.29, 1.82) is 0 Å². The minimum absolute atomic E-state index is 0.896. The number of para-hydroxylation sites is 1. The number of anilines is 1. The van der Waals surface area contributed by atoms with Gasteiger partial charge >= 0.3 is 0 Å². The van der Waals surface area contributed by atoms with E-state index in [-0.39, 0.29) is 0 Å². The predicted molar refractivity (Wildman–Crippen MR) is 105 cm³/mol. The third-order valence-electron chi connectivity index (χ3n) is 4.43. The fourth-order valence-electron chi connectivity index (χ4n) is 3.17. The smallest absolute Gasteiger partial charge is 0.273 e. The summed E-state index contributed by atoms with van der Waals surface area (Å²) in [4.78, 5) is 3.51. The van der Waals surface area contributed by atoms with Gasteiger partial charge in [-0.3, -0.25) is 5.32 Å². The summed E-state index contributed by atoms with van der Waals surface area (Å²) >= 11 is 0. The van der Waals surface area contributed by atoms with E-state index in [0.717, 1.165) is 24.3 Å². The quantitative estimate of drug-likeness (QED) is 0.550. The van der Waals surface area contributed by atoms with E-state index < -0.39 is 0 Å². The van der Waals surface area contributed by atoms with E-state index in [1.807, 2.05) is 0 Å². The molecule has 0 fully saturated rings. The summed E-state index contributed by atoms with van der Waals surface area (Å²) < 4.78 is 0. The number of hydrogen-bond donors (Lipinski definition) is 1. The number of H-pyrrole nitrogens is 1. The molecule has 0 aliphatic carbocycles. The van der Waals surface area contributed by atoms with Gasteiger partial charge in [0.15, 0.2) is 0 Å². The Labute approximate surface area is 148 Å². The normalized spacial score (nSPS) is 10.7. The van der Waals surface area contributed by atoms with Crippen molar-refractivity contribution >= 4 is 16.7 Å². The van der Waals surface area contributed by atoms with Gasteiger partial charge in [0.25, 0.3) is 5.82 Å². The van der Waals surface area contributed by atoms with Crippen molar-refractivity contribution in [3.05, 3.63) is 96.6 Å². The van der Waals surface area contributed by atoms with Crippen LogP contribution in [-0.2, 0) is 6.42 Å². The van der Waals surface area contributed by atoms with Gasteiger partial charge in [0.2, 0.25) is 0 Å². The van der Waals surface area contributed by atoms with Crippen LogP contribution in [0.15, 0.2) is 91.0 Å². The van der Waals surface area contributed by atoms with Gasteiger partial charge in [-0.15, -0.1) is 0 Å². The lowest BCUT2D eigenvalue weighted by atomic mass is 10.0. The maximum absolute atomic E-state index is 3.54. The van der Waals surface area contributed by atoms with Gasteiger partial charge in [0, 0.05) is 23.4 Å². The minimum Gasteiger partial charge on any atom is -0.274 e. The van der Waals surface area contributed by atoms with Gasteiger partial charge in [-0.25, -0.2) is 4.98 Å². The van der Waals surface area contributed by atoms with Gasteiger partial charge in [0.1, 0.15) is 5.52 Å². The number of hydrogen-bond acceptors (Lipinski definition) is 1. The van der Waals surface area contributed by atoms with E-state index >= 15 is 0 Å². The van der Waals surface area contributed by atoms with Crippen LogP contribution in [0, 0.1) is 0 Å². The van der Waals surface area contributed by atoms with Gasteiger partial charge < -0.3 is 0 Å². The Morgan fingerprint density at radius 1 is 0.720 bits per heavy atom. The lowest BCUT2D eigenvalue weighted by molar-refractivity contribution is -0.327. The van der Waals surface area contributed by atoms with E-state index in [4.69, 9.17) is 0 Å². The SMILES string of the molecule is c1ccc(CCNc2cc(-c3ccccc3)c3ccccc3[nH+]2)cc1. The van der Waals surface area contributed by atoms with Crippen molar-refractivity contribution in [2.45, 2.75) is 6.42 Å². The van der Waals surface area contributed by atoms with Crippen LogP contribution in [0.4, 0.5) is 5.82 Å². The first-order chi connectivity index (χ1) is 12.4. The second kappa shape index (κ2) is 7.18.